The third-order valence-electron chi connectivity index (χ3n) is 2.57. The standard InChI is InChI=1S/C11H26O5Si/c1-6-7-17(5,14-4)16-10-15-9-11(13-3)8-12-2/h11H,6-10H2,1-5H3. The van der Waals surface area contributed by atoms with Gasteiger partial charge in [0.15, 0.2) is 0 Å². The van der Waals surface area contributed by atoms with Crippen molar-refractivity contribution in [2.24, 2.45) is 0 Å². The first-order valence-corrected chi connectivity index (χ1v) is 8.42. The van der Waals surface area contributed by atoms with Gasteiger partial charge in [-0.15, -0.1) is 0 Å². The van der Waals surface area contributed by atoms with Crippen LogP contribution in [0.5, 0.6) is 0 Å². The second-order valence-electron chi connectivity index (χ2n) is 4.03. The lowest BCUT2D eigenvalue weighted by molar-refractivity contribution is -0.0719. The van der Waals surface area contributed by atoms with Gasteiger partial charge in [-0.05, 0) is 12.6 Å². The molecule has 6 heteroatoms. The van der Waals surface area contributed by atoms with Gasteiger partial charge in [0.25, 0.3) is 0 Å². The minimum atomic E-state index is -2.02. The van der Waals surface area contributed by atoms with Crippen LogP contribution in [0, 0.1) is 0 Å². The van der Waals surface area contributed by atoms with Gasteiger partial charge in [0.05, 0.1) is 13.2 Å². The van der Waals surface area contributed by atoms with E-state index in [1.165, 1.54) is 0 Å². The van der Waals surface area contributed by atoms with Crippen molar-refractivity contribution in [1.82, 2.24) is 0 Å². The summed E-state index contributed by atoms with van der Waals surface area (Å²) in [6.45, 7) is 5.39. The van der Waals surface area contributed by atoms with Crippen LogP contribution in [-0.2, 0) is 23.1 Å². The molecule has 0 fully saturated rings. The molecule has 0 radical (unpaired) electrons. The molecule has 0 saturated heterocycles. The van der Waals surface area contributed by atoms with E-state index in [2.05, 4.69) is 6.92 Å². The number of methoxy groups -OCH3 is 2. The van der Waals surface area contributed by atoms with E-state index in [0.717, 1.165) is 12.5 Å². The zero-order valence-electron chi connectivity index (χ0n) is 11.7. The Bertz CT molecular complexity index is 181. The smallest absolute Gasteiger partial charge is 0.336 e. The van der Waals surface area contributed by atoms with Gasteiger partial charge >= 0.3 is 8.56 Å². The van der Waals surface area contributed by atoms with Gasteiger partial charge in [0.2, 0.25) is 0 Å². The van der Waals surface area contributed by atoms with Crippen molar-refractivity contribution in [2.45, 2.75) is 32.0 Å². The summed E-state index contributed by atoms with van der Waals surface area (Å²) in [5.74, 6) is 0. The minimum Gasteiger partial charge on any atom is -0.398 e. The molecule has 0 aliphatic heterocycles. The maximum Gasteiger partial charge on any atom is 0.336 e. The Labute approximate surface area is 106 Å². The molecule has 5 nitrogen and oxygen atoms in total. The van der Waals surface area contributed by atoms with Crippen molar-refractivity contribution in [2.75, 3.05) is 41.3 Å². The van der Waals surface area contributed by atoms with Crippen LogP contribution in [0.2, 0.25) is 12.6 Å². The van der Waals surface area contributed by atoms with Crippen molar-refractivity contribution in [3.63, 3.8) is 0 Å². The Balaban J connectivity index is 3.73. The summed E-state index contributed by atoms with van der Waals surface area (Å²) in [5, 5.41) is 0. The zero-order chi connectivity index (χ0) is 13.1. The normalized spacial score (nSPS) is 16.8. The Morgan fingerprint density at radius 2 is 1.82 bits per heavy atom. The van der Waals surface area contributed by atoms with Gasteiger partial charge < -0.3 is 23.1 Å². The molecule has 2 unspecified atom stereocenters. The van der Waals surface area contributed by atoms with Crippen LogP contribution in [0.1, 0.15) is 13.3 Å². The van der Waals surface area contributed by atoms with Gasteiger partial charge in [-0.3, -0.25) is 0 Å². The first-order chi connectivity index (χ1) is 8.11. The highest BCUT2D eigenvalue weighted by Gasteiger charge is 2.28. The van der Waals surface area contributed by atoms with Gasteiger partial charge in [-0.1, -0.05) is 13.3 Å². The molecule has 104 valence electrons. The molecule has 0 saturated carbocycles. The summed E-state index contributed by atoms with van der Waals surface area (Å²) < 4.78 is 26.7. The van der Waals surface area contributed by atoms with Gasteiger partial charge in [-0.2, -0.15) is 0 Å². The predicted molar refractivity (Wildman–Crippen MR) is 68.3 cm³/mol. The van der Waals surface area contributed by atoms with Crippen molar-refractivity contribution in [3.05, 3.63) is 0 Å². The molecule has 0 aliphatic carbocycles. The summed E-state index contributed by atoms with van der Waals surface area (Å²) in [6.07, 6.45) is 1.01. The van der Waals surface area contributed by atoms with Crippen LogP contribution in [0.15, 0.2) is 0 Å². The Kier molecular flexibility index (Phi) is 10.00. The maximum absolute atomic E-state index is 5.69. The molecule has 0 aromatic rings. The Morgan fingerprint density at radius 1 is 1.12 bits per heavy atom. The number of hydrogen-bond acceptors (Lipinski definition) is 5. The molecule has 0 aromatic heterocycles. The molecule has 0 amide bonds. The third-order valence-corrected chi connectivity index (χ3v) is 5.57. The molecule has 0 rings (SSSR count). The SMILES string of the molecule is CCC[Si](C)(OC)OCOCC(COC)OC. The highest BCUT2D eigenvalue weighted by atomic mass is 28.4. The van der Waals surface area contributed by atoms with E-state index in [4.69, 9.17) is 23.1 Å². The quantitative estimate of drug-likeness (QED) is 0.324. The second kappa shape index (κ2) is 9.99. The highest BCUT2D eigenvalue weighted by Crippen LogP contribution is 2.14. The van der Waals surface area contributed by atoms with Crippen LogP contribution in [0.4, 0.5) is 0 Å². The fourth-order valence-corrected chi connectivity index (χ4v) is 3.11. The molecule has 0 spiro atoms. The Hall–Kier alpha value is 0.0169. The molecule has 17 heavy (non-hydrogen) atoms. The lowest BCUT2D eigenvalue weighted by Crippen LogP contribution is -2.38. The molecule has 0 N–H and O–H groups in total. The van der Waals surface area contributed by atoms with E-state index < -0.39 is 8.56 Å². The zero-order valence-corrected chi connectivity index (χ0v) is 12.7. The lowest BCUT2D eigenvalue weighted by Gasteiger charge is -2.25. The fourth-order valence-electron chi connectivity index (χ4n) is 1.40. The first-order valence-electron chi connectivity index (χ1n) is 5.90. The van der Waals surface area contributed by atoms with Crippen molar-refractivity contribution >= 4 is 8.56 Å². The van der Waals surface area contributed by atoms with Crippen LogP contribution in [0.3, 0.4) is 0 Å². The Morgan fingerprint density at radius 3 is 2.29 bits per heavy atom. The fraction of sp³-hybridized carbons (Fsp3) is 1.00. The topological polar surface area (TPSA) is 46.2 Å². The monoisotopic (exact) mass is 266 g/mol. The average molecular weight is 266 g/mol. The molecule has 0 bridgehead atoms. The largest absolute Gasteiger partial charge is 0.398 e. The van der Waals surface area contributed by atoms with Crippen LogP contribution in [-0.4, -0.2) is 56.0 Å². The first kappa shape index (κ1) is 17.0. The predicted octanol–water partition coefficient (Wildman–Crippen LogP) is 1.77. The third kappa shape index (κ3) is 7.85. The minimum absolute atomic E-state index is 0.0507. The van der Waals surface area contributed by atoms with Crippen molar-refractivity contribution in [1.29, 1.82) is 0 Å². The summed E-state index contributed by atoms with van der Waals surface area (Å²) in [6, 6.07) is 0.971. The summed E-state index contributed by atoms with van der Waals surface area (Å²) in [5.41, 5.74) is 0. The van der Waals surface area contributed by atoms with Crippen LogP contribution < -0.4 is 0 Å². The summed E-state index contributed by atoms with van der Waals surface area (Å²) >= 11 is 0. The second-order valence-corrected chi connectivity index (χ2v) is 7.50. The number of hydrogen-bond donors (Lipinski definition) is 0. The van der Waals surface area contributed by atoms with Gasteiger partial charge in [0, 0.05) is 21.3 Å². The maximum atomic E-state index is 5.69. The molecular formula is C11H26O5Si. The highest BCUT2D eigenvalue weighted by molar-refractivity contribution is 6.65. The van der Waals surface area contributed by atoms with Crippen molar-refractivity contribution in [3.8, 4) is 0 Å². The summed E-state index contributed by atoms with van der Waals surface area (Å²) in [7, 11) is 2.95. The van der Waals surface area contributed by atoms with Gasteiger partial charge in [0.1, 0.15) is 12.9 Å². The van der Waals surface area contributed by atoms with Crippen LogP contribution in [0.25, 0.3) is 0 Å². The van der Waals surface area contributed by atoms with E-state index in [-0.39, 0.29) is 12.9 Å². The molecule has 0 aromatic carbocycles. The van der Waals surface area contributed by atoms with E-state index >= 15 is 0 Å². The van der Waals surface area contributed by atoms with E-state index in [0.29, 0.717) is 13.2 Å². The molecule has 0 heterocycles. The molecule has 2 atom stereocenters. The molecular weight excluding hydrogens is 240 g/mol. The average Bonchev–Trinajstić information content (AvgIpc) is 2.33. The van der Waals surface area contributed by atoms with E-state index in [9.17, 15) is 0 Å². The number of rotatable bonds is 11. The molecule has 0 aliphatic rings. The lowest BCUT2D eigenvalue weighted by atomic mass is 10.4. The number of ether oxygens (including phenoxy) is 3. The van der Waals surface area contributed by atoms with E-state index in [1.54, 1.807) is 21.3 Å². The van der Waals surface area contributed by atoms with Gasteiger partial charge in [-0.25, -0.2) is 0 Å². The van der Waals surface area contributed by atoms with Crippen molar-refractivity contribution < 1.29 is 23.1 Å². The summed E-state index contributed by atoms with van der Waals surface area (Å²) in [4.78, 5) is 0. The van der Waals surface area contributed by atoms with E-state index in [1.807, 2.05) is 6.55 Å². The van der Waals surface area contributed by atoms with Crippen LogP contribution >= 0.6 is 0 Å².